The molecular formula is C21H18N2O2. The molecule has 2 amide bonds. The highest BCUT2D eigenvalue weighted by atomic mass is 16.5. The highest BCUT2D eigenvalue weighted by molar-refractivity contribution is 6.03. The van der Waals surface area contributed by atoms with Gasteiger partial charge in [-0.05, 0) is 42.3 Å². The number of amides is 2. The van der Waals surface area contributed by atoms with Crippen molar-refractivity contribution >= 4 is 17.4 Å². The van der Waals surface area contributed by atoms with Gasteiger partial charge >= 0.3 is 6.03 Å². The Labute approximate surface area is 146 Å². The third kappa shape index (κ3) is 3.19. The molecule has 25 heavy (non-hydrogen) atoms. The zero-order valence-electron chi connectivity index (χ0n) is 13.7. The summed E-state index contributed by atoms with van der Waals surface area (Å²) in [4.78, 5) is 14.5. The van der Waals surface area contributed by atoms with Gasteiger partial charge in [0, 0.05) is 12.2 Å². The Balaban J connectivity index is 1.54. The standard InChI is InChI=1S/C21H18N2O2/c24-21(23-15-14-16-8-4-6-12-19(16)23)22-18-11-5-7-13-20(18)25-17-9-2-1-3-10-17/h1-13H,14-15H2,(H,22,24). The van der Waals surface area contributed by atoms with E-state index in [9.17, 15) is 4.79 Å². The van der Waals surface area contributed by atoms with Crippen LogP contribution in [0.2, 0.25) is 0 Å². The Kier molecular flexibility index (Phi) is 4.09. The Bertz CT molecular complexity index is 893. The Hall–Kier alpha value is -3.27. The fourth-order valence-corrected chi connectivity index (χ4v) is 3.01. The first kappa shape index (κ1) is 15.3. The number of benzene rings is 3. The number of fused-ring (bicyclic) bond motifs is 1. The predicted molar refractivity (Wildman–Crippen MR) is 99.5 cm³/mol. The summed E-state index contributed by atoms with van der Waals surface area (Å²) in [6, 6.07) is 24.9. The van der Waals surface area contributed by atoms with Crippen molar-refractivity contribution in [3.8, 4) is 11.5 Å². The van der Waals surface area contributed by atoms with Crippen molar-refractivity contribution in [2.24, 2.45) is 0 Å². The monoisotopic (exact) mass is 330 g/mol. The van der Waals surface area contributed by atoms with Crippen LogP contribution in [0.4, 0.5) is 16.2 Å². The molecule has 1 aliphatic rings. The topological polar surface area (TPSA) is 41.6 Å². The average Bonchev–Trinajstić information content (AvgIpc) is 3.08. The molecule has 0 atom stereocenters. The van der Waals surface area contributed by atoms with E-state index in [1.165, 1.54) is 5.56 Å². The quantitative estimate of drug-likeness (QED) is 0.728. The lowest BCUT2D eigenvalue weighted by Crippen LogP contribution is -2.33. The molecule has 4 nitrogen and oxygen atoms in total. The highest BCUT2D eigenvalue weighted by Gasteiger charge is 2.24. The second-order valence-electron chi connectivity index (χ2n) is 5.87. The van der Waals surface area contributed by atoms with Crippen LogP contribution in [0.5, 0.6) is 11.5 Å². The maximum atomic E-state index is 12.7. The van der Waals surface area contributed by atoms with Gasteiger partial charge in [-0.2, -0.15) is 0 Å². The van der Waals surface area contributed by atoms with Crippen molar-refractivity contribution in [3.05, 3.63) is 84.4 Å². The molecule has 4 heteroatoms. The summed E-state index contributed by atoms with van der Waals surface area (Å²) in [5, 5.41) is 2.98. The van der Waals surface area contributed by atoms with E-state index in [-0.39, 0.29) is 6.03 Å². The SMILES string of the molecule is O=C(Nc1ccccc1Oc1ccccc1)N1CCc2ccccc21. The second kappa shape index (κ2) is 6.69. The smallest absolute Gasteiger partial charge is 0.326 e. The Morgan fingerprint density at radius 1 is 0.880 bits per heavy atom. The third-order valence-corrected chi connectivity index (χ3v) is 4.23. The Morgan fingerprint density at radius 2 is 1.60 bits per heavy atom. The first-order chi connectivity index (χ1) is 12.3. The van der Waals surface area contributed by atoms with Crippen LogP contribution in [0, 0.1) is 0 Å². The maximum absolute atomic E-state index is 12.7. The zero-order valence-corrected chi connectivity index (χ0v) is 13.7. The largest absolute Gasteiger partial charge is 0.455 e. The first-order valence-electron chi connectivity index (χ1n) is 8.29. The van der Waals surface area contributed by atoms with Gasteiger partial charge in [0.15, 0.2) is 5.75 Å². The van der Waals surface area contributed by atoms with Crippen molar-refractivity contribution in [1.29, 1.82) is 0 Å². The lowest BCUT2D eigenvalue weighted by atomic mass is 10.2. The molecule has 0 radical (unpaired) electrons. The molecule has 3 aromatic rings. The molecule has 1 N–H and O–H groups in total. The van der Waals surface area contributed by atoms with Crippen LogP contribution in [-0.4, -0.2) is 12.6 Å². The van der Waals surface area contributed by atoms with Crippen molar-refractivity contribution in [2.45, 2.75) is 6.42 Å². The molecule has 124 valence electrons. The normalized spacial score (nSPS) is 12.6. The number of urea groups is 1. The molecule has 1 heterocycles. The molecular weight excluding hydrogens is 312 g/mol. The minimum atomic E-state index is -0.144. The van der Waals surface area contributed by atoms with E-state index in [0.29, 0.717) is 18.0 Å². The number of carbonyl (C=O) groups excluding carboxylic acids is 1. The molecule has 3 aromatic carbocycles. The molecule has 0 fully saturated rings. The highest BCUT2D eigenvalue weighted by Crippen LogP contribution is 2.31. The minimum Gasteiger partial charge on any atom is -0.455 e. The lowest BCUT2D eigenvalue weighted by Gasteiger charge is -2.19. The van der Waals surface area contributed by atoms with Crippen LogP contribution < -0.4 is 15.0 Å². The number of nitrogens with zero attached hydrogens (tertiary/aromatic N) is 1. The summed E-state index contributed by atoms with van der Waals surface area (Å²) in [6.45, 7) is 0.687. The van der Waals surface area contributed by atoms with E-state index in [1.54, 1.807) is 4.90 Å². The van der Waals surface area contributed by atoms with Crippen molar-refractivity contribution < 1.29 is 9.53 Å². The minimum absolute atomic E-state index is 0.144. The van der Waals surface area contributed by atoms with Gasteiger partial charge in [0.25, 0.3) is 0 Å². The van der Waals surface area contributed by atoms with Crippen LogP contribution in [0.3, 0.4) is 0 Å². The molecule has 1 aliphatic heterocycles. The van der Waals surface area contributed by atoms with Gasteiger partial charge in [-0.25, -0.2) is 4.79 Å². The molecule has 0 aromatic heterocycles. The molecule has 0 saturated carbocycles. The summed E-state index contributed by atoms with van der Waals surface area (Å²) in [6.07, 6.45) is 0.881. The number of ether oxygens (including phenoxy) is 1. The van der Waals surface area contributed by atoms with Crippen LogP contribution in [-0.2, 0) is 6.42 Å². The lowest BCUT2D eigenvalue weighted by molar-refractivity contribution is 0.257. The van der Waals surface area contributed by atoms with E-state index in [2.05, 4.69) is 11.4 Å². The molecule has 0 spiro atoms. The number of hydrogen-bond acceptors (Lipinski definition) is 2. The van der Waals surface area contributed by atoms with Gasteiger partial charge in [-0.1, -0.05) is 48.5 Å². The van der Waals surface area contributed by atoms with Gasteiger partial charge in [0.1, 0.15) is 5.75 Å². The predicted octanol–water partition coefficient (Wildman–Crippen LogP) is 5.07. The van der Waals surface area contributed by atoms with Crippen LogP contribution >= 0.6 is 0 Å². The average molecular weight is 330 g/mol. The van der Waals surface area contributed by atoms with Gasteiger partial charge in [0.05, 0.1) is 5.69 Å². The summed E-state index contributed by atoms with van der Waals surface area (Å²) in [5.41, 5.74) is 2.83. The number of anilines is 2. The first-order valence-corrected chi connectivity index (χ1v) is 8.29. The van der Waals surface area contributed by atoms with Crippen molar-refractivity contribution in [2.75, 3.05) is 16.8 Å². The number of carbonyl (C=O) groups is 1. The molecule has 0 unspecified atom stereocenters. The molecule has 0 bridgehead atoms. The maximum Gasteiger partial charge on any atom is 0.326 e. The zero-order chi connectivity index (χ0) is 17.1. The van der Waals surface area contributed by atoms with Gasteiger partial charge in [-0.3, -0.25) is 4.90 Å². The Morgan fingerprint density at radius 3 is 2.48 bits per heavy atom. The van der Waals surface area contributed by atoms with Crippen molar-refractivity contribution in [1.82, 2.24) is 0 Å². The molecule has 0 saturated heterocycles. The number of hydrogen-bond donors (Lipinski definition) is 1. The fourth-order valence-electron chi connectivity index (χ4n) is 3.01. The summed E-state index contributed by atoms with van der Waals surface area (Å²) >= 11 is 0. The van der Waals surface area contributed by atoms with E-state index in [1.807, 2.05) is 72.8 Å². The summed E-state index contributed by atoms with van der Waals surface area (Å²) in [5.74, 6) is 1.35. The summed E-state index contributed by atoms with van der Waals surface area (Å²) < 4.78 is 5.91. The van der Waals surface area contributed by atoms with Gasteiger partial charge < -0.3 is 10.1 Å². The molecule has 4 rings (SSSR count). The number of para-hydroxylation sites is 4. The van der Waals surface area contributed by atoms with E-state index < -0.39 is 0 Å². The number of nitrogens with one attached hydrogen (secondary N) is 1. The van der Waals surface area contributed by atoms with E-state index in [4.69, 9.17) is 4.74 Å². The van der Waals surface area contributed by atoms with Crippen LogP contribution in [0.25, 0.3) is 0 Å². The summed E-state index contributed by atoms with van der Waals surface area (Å²) in [7, 11) is 0. The number of rotatable bonds is 3. The van der Waals surface area contributed by atoms with E-state index >= 15 is 0 Å². The fraction of sp³-hybridized carbons (Fsp3) is 0.0952. The van der Waals surface area contributed by atoms with Gasteiger partial charge in [-0.15, -0.1) is 0 Å². The van der Waals surface area contributed by atoms with Crippen LogP contribution in [0.15, 0.2) is 78.9 Å². The molecule has 0 aliphatic carbocycles. The second-order valence-corrected chi connectivity index (χ2v) is 5.87. The van der Waals surface area contributed by atoms with E-state index in [0.717, 1.165) is 17.9 Å². The van der Waals surface area contributed by atoms with Crippen molar-refractivity contribution in [3.63, 3.8) is 0 Å². The van der Waals surface area contributed by atoms with Crippen LogP contribution in [0.1, 0.15) is 5.56 Å². The third-order valence-electron chi connectivity index (χ3n) is 4.23. The van der Waals surface area contributed by atoms with Gasteiger partial charge in [0.2, 0.25) is 0 Å².